The number of hydrogen-bond donors (Lipinski definition) is 3. The third-order valence-corrected chi connectivity index (χ3v) is 11.0. The fraction of sp³-hybridized carbons (Fsp3) is 0.364. The number of hydrogen-bond acceptors (Lipinski definition) is 7. The van der Waals surface area contributed by atoms with Gasteiger partial charge < -0.3 is 30.1 Å². The number of aromatic hydroxyl groups is 1. The maximum absolute atomic E-state index is 15.8. The minimum atomic E-state index is -1.15. The molecule has 4 aromatic carbocycles. The van der Waals surface area contributed by atoms with Crippen molar-refractivity contribution in [2.24, 2.45) is 0 Å². The van der Waals surface area contributed by atoms with E-state index in [1.165, 1.54) is 16.0 Å². The fourth-order valence-electron chi connectivity index (χ4n) is 8.01. The van der Waals surface area contributed by atoms with Crippen LogP contribution in [0.3, 0.4) is 0 Å². The van der Waals surface area contributed by atoms with E-state index in [9.17, 15) is 19.8 Å². The van der Waals surface area contributed by atoms with E-state index in [-0.39, 0.29) is 36.3 Å². The average molecular weight is 733 g/mol. The number of fused-ring (bicyclic) bond motifs is 1. The van der Waals surface area contributed by atoms with Crippen molar-refractivity contribution < 1.29 is 28.9 Å². The van der Waals surface area contributed by atoms with Crippen LogP contribution in [0, 0.1) is 5.82 Å². The molecule has 2 amide bonds. The molecule has 2 saturated heterocycles. The number of phenols is 1. The number of ether oxygens (including phenoxy) is 1. The van der Waals surface area contributed by atoms with Crippen LogP contribution in [0.15, 0.2) is 91.0 Å². The Morgan fingerprint density at radius 2 is 1.56 bits per heavy atom. The van der Waals surface area contributed by atoms with Crippen molar-refractivity contribution in [2.45, 2.75) is 64.3 Å². The average Bonchev–Trinajstić information content (AvgIpc) is 3.53. The number of aliphatic hydroxyl groups excluding tert-OH is 1. The summed E-state index contributed by atoms with van der Waals surface area (Å²) >= 11 is 0. The Morgan fingerprint density at radius 3 is 2.24 bits per heavy atom. The minimum Gasteiger partial charge on any atom is -0.508 e. The van der Waals surface area contributed by atoms with E-state index >= 15 is 4.39 Å². The monoisotopic (exact) mass is 732 g/mol. The fourth-order valence-corrected chi connectivity index (χ4v) is 8.01. The van der Waals surface area contributed by atoms with Crippen molar-refractivity contribution in [1.29, 1.82) is 0 Å². The molecule has 3 N–H and O–H groups in total. The van der Waals surface area contributed by atoms with Gasteiger partial charge in [-0.3, -0.25) is 14.5 Å². The Labute approximate surface area is 316 Å². The van der Waals surface area contributed by atoms with Crippen molar-refractivity contribution >= 4 is 28.6 Å². The summed E-state index contributed by atoms with van der Waals surface area (Å²) in [5, 5.41) is 22.8. The molecule has 3 aliphatic rings. The van der Waals surface area contributed by atoms with E-state index in [4.69, 9.17) is 4.74 Å². The van der Waals surface area contributed by atoms with Crippen LogP contribution < -0.4 is 15.0 Å². The Kier molecular flexibility index (Phi) is 11.6. The lowest BCUT2D eigenvalue weighted by Gasteiger charge is -2.36. The number of benzene rings is 4. The molecule has 2 fully saturated rings. The number of aliphatic hydroxyl groups is 1. The number of amides is 2. The van der Waals surface area contributed by atoms with Crippen molar-refractivity contribution in [3.05, 3.63) is 125 Å². The van der Waals surface area contributed by atoms with E-state index in [0.717, 1.165) is 67.8 Å². The smallest absolute Gasteiger partial charge is 0.255 e. The Balaban J connectivity index is 0.864. The van der Waals surface area contributed by atoms with Gasteiger partial charge in [0.1, 0.15) is 17.7 Å². The molecular weight excluding hydrogens is 684 g/mol. The van der Waals surface area contributed by atoms with Crippen LogP contribution >= 0.6 is 0 Å². The molecule has 282 valence electrons. The number of anilines is 1. The van der Waals surface area contributed by atoms with Crippen LogP contribution in [0.2, 0.25) is 0 Å². The van der Waals surface area contributed by atoms with E-state index in [1.54, 1.807) is 24.3 Å². The summed E-state index contributed by atoms with van der Waals surface area (Å²) in [5.41, 5.74) is 6.94. The summed E-state index contributed by atoms with van der Waals surface area (Å²) in [4.78, 5) is 30.7. The Morgan fingerprint density at radius 1 is 0.852 bits per heavy atom. The molecule has 0 spiro atoms. The predicted octanol–water partition coefficient (Wildman–Crippen LogP) is 6.82. The number of phenolic OH excluding ortho intramolecular Hbond substituents is 1. The highest BCUT2D eigenvalue weighted by atomic mass is 19.1. The van der Waals surface area contributed by atoms with Crippen LogP contribution in [0.4, 0.5) is 10.1 Å². The second-order valence-corrected chi connectivity index (χ2v) is 14.4. The summed E-state index contributed by atoms with van der Waals surface area (Å²) in [6.45, 7) is 6.96. The summed E-state index contributed by atoms with van der Waals surface area (Å²) in [5.74, 6) is 0.169. The van der Waals surface area contributed by atoms with E-state index in [1.807, 2.05) is 30.3 Å². The Hall–Kier alpha value is -5.19. The highest BCUT2D eigenvalue weighted by molar-refractivity contribution is 6.00. The van der Waals surface area contributed by atoms with Crippen LogP contribution in [-0.4, -0.2) is 83.4 Å². The van der Waals surface area contributed by atoms with Gasteiger partial charge in [0.15, 0.2) is 5.82 Å². The van der Waals surface area contributed by atoms with Crippen LogP contribution in [0.1, 0.15) is 78.1 Å². The van der Waals surface area contributed by atoms with E-state index in [0.29, 0.717) is 42.9 Å². The van der Waals surface area contributed by atoms with Gasteiger partial charge in [-0.05, 0) is 103 Å². The topological polar surface area (TPSA) is 106 Å². The quantitative estimate of drug-likeness (QED) is 0.102. The normalized spacial score (nSPS) is 19.4. The lowest BCUT2D eigenvalue weighted by molar-refractivity contribution is -0.129. The van der Waals surface area contributed by atoms with Gasteiger partial charge in [0.2, 0.25) is 5.91 Å². The maximum Gasteiger partial charge on any atom is 0.255 e. The zero-order chi connectivity index (χ0) is 37.6. The van der Waals surface area contributed by atoms with Gasteiger partial charge in [0.05, 0.1) is 24.9 Å². The van der Waals surface area contributed by atoms with Gasteiger partial charge in [-0.1, -0.05) is 61.5 Å². The summed E-state index contributed by atoms with van der Waals surface area (Å²) in [7, 11) is 0. The molecule has 0 saturated carbocycles. The number of piperazine rings is 1. The first-order chi connectivity index (χ1) is 26.3. The summed E-state index contributed by atoms with van der Waals surface area (Å²) in [6.07, 6.45) is 3.34. The maximum atomic E-state index is 15.8. The number of carbonyl (C=O) groups excluding carboxylic acids is 2. The van der Waals surface area contributed by atoms with Crippen molar-refractivity contribution in [1.82, 2.24) is 15.1 Å². The molecule has 3 aliphatic heterocycles. The lowest BCUT2D eigenvalue weighted by Crippen LogP contribution is -2.55. The second kappa shape index (κ2) is 16.9. The van der Waals surface area contributed by atoms with Gasteiger partial charge in [0, 0.05) is 43.7 Å². The van der Waals surface area contributed by atoms with Crippen molar-refractivity contribution in [2.75, 3.05) is 44.2 Å². The minimum absolute atomic E-state index is 0.0915. The predicted molar refractivity (Wildman–Crippen MR) is 209 cm³/mol. The molecule has 0 aliphatic carbocycles. The van der Waals surface area contributed by atoms with E-state index in [2.05, 4.69) is 58.4 Å². The third kappa shape index (κ3) is 8.15. The largest absolute Gasteiger partial charge is 0.508 e. The molecule has 3 heterocycles. The lowest BCUT2D eigenvalue weighted by atomic mass is 9.88. The Bertz CT molecular complexity index is 1960. The molecule has 54 heavy (non-hydrogen) atoms. The molecule has 0 bridgehead atoms. The number of nitrogens with zero attached hydrogens (tertiary/aromatic N) is 3. The molecule has 0 aromatic heterocycles. The molecular formula is C44H49FN4O5. The zero-order valence-electron chi connectivity index (χ0n) is 30.8. The number of carbonyl (C=O) groups is 2. The van der Waals surface area contributed by atoms with Gasteiger partial charge in [0.25, 0.3) is 5.91 Å². The highest BCUT2D eigenvalue weighted by Crippen LogP contribution is 2.37. The number of halogens is 1. The van der Waals surface area contributed by atoms with Crippen LogP contribution in [0.25, 0.3) is 11.1 Å². The second-order valence-electron chi connectivity index (χ2n) is 14.4. The highest BCUT2D eigenvalue weighted by Gasteiger charge is 2.40. The molecule has 2 atom stereocenters. The van der Waals surface area contributed by atoms with E-state index < -0.39 is 12.3 Å². The van der Waals surface area contributed by atoms with Gasteiger partial charge in [-0.15, -0.1) is 0 Å². The standard InChI is InChI=1S/C44H49FN4O5/c1-2-35(30-9-5-3-6-10-30)41(31-11-15-33(50)16-12-31)32-13-17-34(18-14-32)54-28-8-4-7-23-47-24-26-48(27-25-47)38-20-19-36-37(42(38)45)29-49(44(36)53)39-21-22-40(51)46-43(39)52/h3,5-6,9-20,39,43,50,52H,2,4,7-8,21-29H2,1H3,(H,46,51)/b41-35-. The third-order valence-electron chi connectivity index (χ3n) is 11.0. The SMILES string of the molecule is CC/C(=C(\c1ccc(O)cc1)c1ccc(OCCCCCN2CCN(c3ccc4c(c3F)CN(C3CCC(=O)NC3O)C4=O)CC2)cc1)c1ccccc1. The van der Waals surface area contributed by atoms with Gasteiger partial charge >= 0.3 is 0 Å². The van der Waals surface area contributed by atoms with Crippen LogP contribution in [0.5, 0.6) is 11.5 Å². The first-order valence-corrected chi connectivity index (χ1v) is 19.2. The van der Waals surface area contributed by atoms with Gasteiger partial charge in [-0.25, -0.2) is 4.39 Å². The molecule has 0 radical (unpaired) electrons. The van der Waals surface area contributed by atoms with Crippen molar-refractivity contribution in [3.63, 3.8) is 0 Å². The number of allylic oxidation sites excluding steroid dienone is 1. The molecule has 9 nitrogen and oxygen atoms in total. The number of piperidine rings is 1. The number of unbranched alkanes of at least 4 members (excludes halogenated alkanes) is 2. The first kappa shape index (κ1) is 37.1. The zero-order valence-corrected chi connectivity index (χ0v) is 30.8. The van der Waals surface area contributed by atoms with Gasteiger partial charge in [-0.2, -0.15) is 0 Å². The molecule has 2 unspecified atom stereocenters. The summed E-state index contributed by atoms with van der Waals surface area (Å²) in [6, 6.07) is 29.0. The summed E-state index contributed by atoms with van der Waals surface area (Å²) < 4.78 is 22.0. The number of nitrogens with one attached hydrogen (secondary N) is 1. The molecule has 4 aromatic rings. The van der Waals surface area contributed by atoms with Crippen LogP contribution in [-0.2, 0) is 11.3 Å². The first-order valence-electron chi connectivity index (χ1n) is 19.2. The molecule has 7 rings (SSSR count). The number of rotatable bonds is 13. The van der Waals surface area contributed by atoms with Crippen molar-refractivity contribution in [3.8, 4) is 11.5 Å². The molecule has 10 heteroatoms.